The Morgan fingerprint density at radius 3 is 3.19 bits per heavy atom. The van der Waals surface area contributed by atoms with E-state index in [1.54, 1.807) is 12.4 Å². The highest BCUT2D eigenvalue weighted by Gasteiger charge is 2.22. The van der Waals surface area contributed by atoms with E-state index in [1.165, 1.54) is 0 Å². The molecule has 0 bridgehead atoms. The molecule has 16 heavy (non-hydrogen) atoms. The van der Waals surface area contributed by atoms with E-state index in [0.717, 1.165) is 37.7 Å². The maximum Gasteiger partial charge on any atom is 0.147 e. The molecule has 1 fully saturated rings. The summed E-state index contributed by atoms with van der Waals surface area (Å²) in [6.45, 7) is 4.99. The first-order valence-corrected chi connectivity index (χ1v) is 5.70. The highest BCUT2D eigenvalue weighted by atomic mass is 16.5. The first kappa shape index (κ1) is 11.3. The molecule has 2 rings (SSSR count). The molecule has 2 N–H and O–H groups in total. The maximum absolute atomic E-state index is 5.57. The summed E-state index contributed by atoms with van der Waals surface area (Å²) in [5.41, 5.74) is 6.40. The summed E-state index contributed by atoms with van der Waals surface area (Å²) in [4.78, 5) is 10.9. The van der Waals surface area contributed by atoms with Crippen molar-refractivity contribution in [2.24, 2.45) is 5.73 Å². The molecule has 5 nitrogen and oxygen atoms in total. The van der Waals surface area contributed by atoms with Gasteiger partial charge in [-0.25, -0.2) is 4.98 Å². The quantitative estimate of drug-likeness (QED) is 0.809. The van der Waals surface area contributed by atoms with Gasteiger partial charge in [0.05, 0.1) is 31.1 Å². The van der Waals surface area contributed by atoms with Gasteiger partial charge in [0.1, 0.15) is 5.82 Å². The Morgan fingerprint density at radius 1 is 1.56 bits per heavy atom. The van der Waals surface area contributed by atoms with Gasteiger partial charge in [-0.1, -0.05) is 6.92 Å². The Balaban J connectivity index is 2.20. The lowest BCUT2D eigenvalue weighted by Crippen LogP contribution is -2.45. The van der Waals surface area contributed by atoms with Crippen LogP contribution in [0.15, 0.2) is 12.4 Å². The van der Waals surface area contributed by atoms with Crippen LogP contribution in [0.2, 0.25) is 0 Å². The van der Waals surface area contributed by atoms with E-state index in [0.29, 0.717) is 12.6 Å². The lowest BCUT2D eigenvalue weighted by Gasteiger charge is -2.35. The molecule has 1 saturated heterocycles. The molecule has 1 aromatic rings. The molecule has 0 amide bonds. The van der Waals surface area contributed by atoms with Crippen LogP contribution in [-0.4, -0.2) is 35.8 Å². The molecule has 1 atom stereocenters. The Morgan fingerprint density at radius 2 is 2.44 bits per heavy atom. The fourth-order valence-electron chi connectivity index (χ4n) is 1.93. The van der Waals surface area contributed by atoms with Gasteiger partial charge in [-0.05, 0) is 6.42 Å². The fraction of sp³-hybridized carbons (Fsp3) is 0.636. The highest BCUT2D eigenvalue weighted by molar-refractivity contribution is 5.38. The van der Waals surface area contributed by atoms with Gasteiger partial charge in [0.15, 0.2) is 0 Å². The minimum Gasteiger partial charge on any atom is -0.377 e. The summed E-state index contributed by atoms with van der Waals surface area (Å²) in [5.74, 6) is 0.915. The highest BCUT2D eigenvalue weighted by Crippen LogP contribution is 2.18. The van der Waals surface area contributed by atoms with Gasteiger partial charge >= 0.3 is 0 Å². The van der Waals surface area contributed by atoms with Gasteiger partial charge in [0.25, 0.3) is 0 Å². The molecule has 88 valence electrons. The molecule has 0 aromatic carbocycles. The van der Waals surface area contributed by atoms with Crippen LogP contribution in [-0.2, 0) is 11.3 Å². The molecular weight excluding hydrogens is 204 g/mol. The second-order valence-corrected chi connectivity index (χ2v) is 3.90. The molecule has 0 spiro atoms. The molecule has 0 saturated carbocycles. The van der Waals surface area contributed by atoms with E-state index in [9.17, 15) is 0 Å². The summed E-state index contributed by atoms with van der Waals surface area (Å²) < 4.78 is 5.47. The van der Waals surface area contributed by atoms with Crippen LogP contribution in [0.1, 0.15) is 19.0 Å². The molecule has 1 aliphatic rings. The summed E-state index contributed by atoms with van der Waals surface area (Å²) >= 11 is 0. The smallest absolute Gasteiger partial charge is 0.147 e. The Labute approximate surface area is 95.6 Å². The van der Waals surface area contributed by atoms with Crippen molar-refractivity contribution in [3.05, 3.63) is 18.1 Å². The first-order chi connectivity index (χ1) is 7.85. The van der Waals surface area contributed by atoms with Crippen molar-refractivity contribution in [1.82, 2.24) is 9.97 Å². The molecule has 5 heteroatoms. The largest absolute Gasteiger partial charge is 0.377 e. The second-order valence-electron chi connectivity index (χ2n) is 3.90. The van der Waals surface area contributed by atoms with E-state index in [2.05, 4.69) is 21.8 Å². The van der Waals surface area contributed by atoms with Crippen LogP contribution in [0.3, 0.4) is 0 Å². The number of anilines is 1. The average molecular weight is 222 g/mol. The van der Waals surface area contributed by atoms with Crippen LogP contribution in [0.4, 0.5) is 5.82 Å². The van der Waals surface area contributed by atoms with Gasteiger partial charge in [-0.3, -0.25) is 4.98 Å². The Hall–Kier alpha value is -1.20. The third kappa shape index (κ3) is 2.31. The van der Waals surface area contributed by atoms with Crippen molar-refractivity contribution in [2.75, 3.05) is 24.7 Å². The fourth-order valence-corrected chi connectivity index (χ4v) is 1.93. The predicted molar refractivity (Wildman–Crippen MR) is 62.2 cm³/mol. The Kier molecular flexibility index (Phi) is 3.69. The van der Waals surface area contributed by atoms with E-state index in [4.69, 9.17) is 10.5 Å². The van der Waals surface area contributed by atoms with Crippen LogP contribution < -0.4 is 10.6 Å². The lowest BCUT2D eigenvalue weighted by molar-refractivity contribution is 0.0925. The number of rotatable bonds is 3. The van der Waals surface area contributed by atoms with Crippen LogP contribution >= 0.6 is 0 Å². The maximum atomic E-state index is 5.57. The molecule has 1 aromatic heterocycles. The number of hydrogen-bond acceptors (Lipinski definition) is 5. The van der Waals surface area contributed by atoms with Crippen molar-refractivity contribution in [3.63, 3.8) is 0 Å². The third-order valence-corrected chi connectivity index (χ3v) is 2.87. The average Bonchev–Trinajstić information content (AvgIpc) is 2.38. The monoisotopic (exact) mass is 222 g/mol. The second kappa shape index (κ2) is 5.23. The molecule has 0 radical (unpaired) electrons. The summed E-state index contributed by atoms with van der Waals surface area (Å²) in [7, 11) is 0. The summed E-state index contributed by atoms with van der Waals surface area (Å²) in [6, 6.07) is 0.399. The molecule has 1 unspecified atom stereocenters. The van der Waals surface area contributed by atoms with Crippen molar-refractivity contribution >= 4 is 5.82 Å². The number of aromatic nitrogens is 2. The summed E-state index contributed by atoms with van der Waals surface area (Å²) in [5, 5.41) is 0. The SMILES string of the molecule is CCC1COCCN1c1cncc(CN)n1. The third-order valence-electron chi connectivity index (χ3n) is 2.87. The number of nitrogens with two attached hydrogens (primary N) is 1. The zero-order chi connectivity index (χ0) is 11.4. The van der Waals surface area contributed by atoms with E-state index in [-0.39, 0.29) is 0 Å². The first-order valence-electron chi connectivity index (χ1n) is 5.70. The van der Waals surface area contributed by atoms with Gasteiger partial charge in [-0.15, -0.1) is 0 Å². The summed E-state index contributed by atoms with van der Waals surface area (Å²) in [6.07, 6.45) is 4.56. The minimum absolute atomic E-state index is 0.399. The molecular formula is C11H18N4O. The van der Waals surface area contributed by atoms with Crippen molar-refractivity contribution in [2.45, 2.75) is 25.9 Å². The zero-order valence-electron chi connectivity index (χ0n) is 9.59. The van der Waals surface area contributed by atoms with E-state index < -0.39 is 0 Å². The topological polar surface area (TPSA) is 64.3 Å². The Bertz CT molecular complexity index is 345. The standard InChI is InChI=1S/C11H18N4O/c1-2-10-8-16-4-3-15(10)11-7-13-6-9(5-12)14-11/h6-7,10H,2-5,8,12H2,1H3. The van der Waals surface area contributed by atoms with Crippen LogP contribution in [0.25, 0.3) is 0 Å². The van der Waals surface area contributed by atoms with Gasteiger partial charge in [-0.2, -0.15) is 0 Å². The van der Waals surface area contributed by atoms with Gasteiger partial charge < -0.3 is 15.4 Å². The zero-order valence-corrected chi connectivity index (χ0v) is 9.59. The van der Waals surface area contributed by atoms with Crippen LogP contribution in [0, 0.1) is 0 Å². The number of morpholine rings is 1. The number of nitrogens with zero attached hydrogens (tertiary/aromatic N) is 3. The van der Waals surface area contributed by atoms with Crippen molar-refractivity contribution in [3.8, 4) is 0 Å². The van der Waals surface area contributed by atoms with Crippen molar-refractivity contribution in [1.29, 1.82) is 0 Å². The van der Waals surface area contributed by atoms with Crippen molar-refractivity contribution < 1.29 is 4.74 Å². The normalized spacial score (nSPS) is 21.1. The number of ether oxygens (including phenoxy) is 1. The lowest BCUT2D eigenvalue weighted by atomic mass is 10.2. The molecule has 2 heterocycles. The molecule has 1 aliphatic heterocycles. The van der Waals surface area contributed by atoms with E-state index >= 15 is 0 Å². The number of hydrogen-bond donors (Lipinski definition) is 1. The predicted octanol–water partition coefficient (Wildman–Crippen LogP) is 0.551. The van der Waals surface area contributed by atoms with Crippen LogP contribution in [0.5, 0.6) is 0 Å². The molecule has 0 aliphatic carbocycles. The van der Waals surface area contributed by atoms with E-state index in [1.807, 2.05) is 0 Å². The minimum atomic E-state index is 0.399. The van der Waals surface area contributed by atoms with Gasteiger partial charge in [0.2, 0.25) is 0 Å². The van der Waals surface area contributed by atoms with Gasteiger partial charge in [0, 0.05) is 19.3 Å².